The number of benzene rings is 1. The molecule has 1 N–H and O–H groups in total. The van der Waals surface area contributed by atoms with Crippen LogP contribution in [0.3, 0.4) is 0 Å². The molecule has 1 aromatic carbocycles. The fourth-order valence-electron chi connectivity index (χ4n) is 2.45. The minimum absolute atomic E-state index is 0.284. The summed E-state index contributed by atoms with van der Waals surface area (Å²) in [6.45, 7) is 2.21. The normalized spacial score (nSPS) is 17.1. The molecule has 1 fully saturated rings. The molecule has 0 aromatic heterocycles. The molecule has 20 heavy (non-hydrogen) atoms. The van der Waals surface area contributed by atoms with Crippen molar-refractivity contribution < 1.29 is 5.11 Å². The summed E-state index contributed by atoms with van der Waals surface area (Å²) < 4.78 is 0. The van der Waals surface area contributed by atoms with Crippen LogP contribution in [-0.2, 0) is 5.60 Å². The van der Waals surface area contributed by atoms with Crippen molar-refractivity contribution in [3.8, 4) is 11.8 Å². The first-order chi connectivity index (χ1) is 9.66. The highest BCUT2D eigenvalue weighted by molar-refractivity contribution is 6.30. The molecule has 0 heterocycles. The van der Waals surface area contributed by atoms with Crippen LogP contribution in [0.5, 0.6) is 0 Å². The van der Waals surface area contributed by atoms with Gasteiger partial charge in [-0.15, -0.1) is 0 Å². The summed E-state index contributed by atoms with van der Waals surface area (Å²) >= 11 is 5.91. The molecule has 0 radical (unpaired) electrons. The van der Waals surface area contributed by atoms with Crippen molar-refractivity contribution >= 4 is 11.6 Å². The molecular weight excluding hydrogens is 268 g/mol. The second-order valence-corrected chi connectivity index (χ2v) is 6.10. The average molecular weight is 291 g/mol. The minimum Gasteiger partial charge on any atom is -0.373 e. The predicted octanol–water partition coefficient (Wildman–Crippen LogP) is 4.91. The van der Waals surface area contributed by atoms with E-state index in [1.807, 2.05) is 24.3 Å². The van der Waals surface area contributed by atoms with E-state index in [0.717, 1.165) is 31.2 Å². The van der Waals surface area contributed by atoms with Crippen LogP contribution in [0, 0.1) is 17.8 Å². The lowest BCUT2D eigenvalue weighted by Gasteiger charge is -2.22. The molecule has 0 aliphatic heterocycles. The number of aliphatic hydroxyl groups is 1. The Morgan fingerprint density at radius 1 is 1.20 bits per heavy atom. The quantitative estimate of drug-likeness (QED) is 0.583. The van der Waals surface area contributed by atoms with E-state index in [2.05, 4.69) is 18.8 Å². The number of hydrogen-bond acceptors (Lipinski definition) is 1. The van der Waals surface area contributed by atoms with Gasteiger partial charge >= 0.3 is 0 Å². The topological polar surface area (TPSA) is 20.2 Å². The van der Waals surface area contributed by atoms with E-state index in [4.69, 9.17) is 11.6 Å². The summed E-state index contributed by atoms with van der Waals surface area (Å²) in [5, 5.41) is 11.6. The Hall–Kier alpha value is -0.970. The zero-order chi connectivity index (χ0) is 14.4. The summed E-state index contributed by atoms with van der Waals surface area (Å²) in [6, 6.07) is 7.44. The monoisotopic (exact) mass is 290 g/mol. The summed E-state index contributed by atoms with van der Waals surface area (Å²) in [4.78, 5) is 0. The van der Waals surface area contributed by atoms with Crippen LogP contribution in [0.1, 0.15) is 57.4 Å². The Balaban J connectivity index is 2.02. The molecule has 2 heteroatoms. The molecule has 2 rings (SSSR count). The lowest BCUT2D eigenvalue weighted by Crippen LogP contribution is -2.26. The van der Waals surface area contributed by atoms with Gasteiger partial charge in [-0.2, -0.15) is 0 Å². The van der Waals surface area contributed by atoms with Crippen molar-refractivity contribution in [2.24, 2.45) is 5.92 Å². The number of halogens is 1. The van der Waals surface area contributed by atoms with Crippen molar-refractivity contribution in [2.75, 3.05) is 0 Å². The zero-order valence-electron chi connectivity index (χ0n) is 12.2. The van der Waals surface area contributed by atoms with Crippen LogP contribution in [-0.4, -0.2) is 5.11 Å². The molecule has 1 atom stereocenters. The second-order valence-electron chi connectivity index (χ2n) is 5.66. The van der Waals surface area contributed by atoms with E-state index in [0.29, 0.717) is 5.02 Å². The van der Waals surface area contributed by atoms with Gasteiger partial charge in [0.1, 0.15) is 0 Å². The van der Waals surface area contributed by atoms with Crippen molar-refractivity contribution in [3.05, 3.63) is 34.9 Å². The van der Waals surface area contributed by atoms with E-state index in [9.17, 15) is 5.11 Å². The zero-order valence-corrected chi connectivity index (χ0v) is 12.9. The third kappa shape index (κ3) is 4.01. The molecule has 0 bridgehead atoms. The van der Waals surface area contributed by atoms with Gasteiger partial charge in [0.25, 0.3) is 0 Å². The van der Waals surface area contributed by atoms with Gasteiger partial charge < -0.3 is 5.11 Å². The highest BCUT2D eigenvalue weighted by Crippen LogP contribution is 2.45. The van der Waals surface area contributed by atoms with Gasteiger partial charge in [0.05, 0.1) is 0 Å². The number of unbranched alkanes of at least 4 members (excludes halogenated alkanes) is 4. The fraction of sp³-hybridized carbons (Fsp3) is 0.556. The van der Waals surface area contributed by atoms with Gasteiger partial charge in [-0.25, -0.2) is 0 Å². The third-order valence-electron chi connectivity index (χ3n) is 3.89. The Morgan fingerprint density at radius 3 is 2.50 bits per heavy atom. The highest BCUT2D eigenvalue weighted by Gasteiger charge is 2.43. The van der Waals surface area contributed by atoms with Crippen LogP contribution in [0.25, 0.3) is 0 Å². The third-order valence-corrected chi connectivity index (χ3v) is 4.14. The lowest BCUT2D eigenvalue weighted by atomic mass is 9.89. The van der Waals surface area contributed by atoms with E-state index in [1.54, 1.807) is 0 Å². The SMILES string of the molecule is CCCCCCC#CC(O)(c1ccc(Cl)cc1)C1CC1. The van der Waals surface area contributed by atoms with Crippen molar-refractivity contribution in [1.29, 1.82) is 0 Å². The van der Waals surface area contributed by atoms with Crippen molar-refractivity contribution in [1.82, 2.24) is 0 Å². The van der Waals surface area contributed by atoms with Gasteiger partial charge in [0.15, 0.2) is 5.60 Å². The van der Waals surface area contributed by atoms with Crippen molar-refractivity contribution in [3.63, 3.8) is 0 Å². The molecule has 1 nitrogen and oxygen atoms in total. The first-order valence-corrected chi connectivity index (χ1v) is 8.03. The Labute approximate surface area is 127 Å². The molecule has 1 unspecified atom stereocenters. The van der Waals surface area contributed by atoms with Gasteiger partial charge in [-0.05, 0) is 37.0 Å². The average Bonchev–Trinajstić information content (AvgIpc) is 3.28. The smallest absolute Gasteiger partial charge is 0.153 e. The molecular formula is C18H23ClO. The molecule has 0 amide bonds. The van der Waals surface area contributed by atoms with Gasteiger partial charge in [0.2, 0.25) is 0 Å². The number of rotatable bonds is 6. The second kappa shape index (κ2) is 7.16. The van der Waals surface area contributed by atoms with E-state index in [1.165, 1.54) is 19.3 Å². The summed E-state index contributed by atoms with van der Waals surface area (Å²) in [7, 11) is 0. The number of hydrogen-bond donors (Lipinski definition) is 1. The maximum atomic E-state index is 10.9. The maximum absolute atomic E-state index is 10.9. The maximum Gasteiger partial charge on any atom is 0.153 e. The van der Waals surface area contributed by atoms with Crippen LogP contribution in [0.2, 0.25) is 5.02 Å². The van der Waals surface area contributed by atoms with Gasteiger partial charge in [-0.3, -0.25) is 0 Å². The lowest BCUT2D eigenvalue weighted by molar-refractivity contribution is 0.0756. The Kier molecular flexibility index (Phi) is 5.52. The van der Waals surface area contributed by atoms with E-state index in [-0.39, 0.29) is 5.92 Å². The van der Waals surface area contributed by atoms with E-state index >= 15 is 0 Å². The molecule has 108 valence electrons. The Morgan fingerprint density at radius 2 is 1.90 bits per heavy atom. The molecule has 1 aliphatic carbocycles. The van der Waals surface area contributed by atoms with Crippen LogP contribution in [0.15, 0.2) is 24.3 Å². The first-order valence-electron chi connectivity index (χ1n) is 7.65. The first kappa shape index (κ1) is 15.4. The summed E-state index contributed by atoms with van der Waals surface area (Å²) in [5.74, 6) is 6.60. The van der Waals surface area contributed by atoms with Crippen LogP contribution in [0.4, 0.5) is 0 Å². The van der Waals surface area contributed by atoms with E-state index < -0.39 is 5.60 Å². The Bertz CT molecular complexity index is 478. The van der Waals surface area contributed by atoms with Crippen LogP contribution < -0.4 is 0 Å². The predicted molar refractivity (Wildman–Crippen MR) is 84.6 cm³/mol. The van der Waals surface area contributed by atoms with Crippen molar-refractivity contribution in [2.45, 2.75) is 57.5 Å². The molecule has 0 saturated heterocycles. The highest BCUT2D eigenvalue weighted by atomic mass is 35.5. The standard InChI is InChI=1S/C18H23ClO/c1-2-3-4-5-6-7-14-18(20,15-8-9-15)16-10-12-17(19)13-11-16/h10-13,15,20H,2-6,8-9H2,1H3. The molecule has 1 aliphatic rings. The minimum atomic E-state index is -0.977. The van der Waals surface area contributed by atoms with Gasteiger partial charge in [-0.1, -0.05) is 61.8 Å². The fourth-order valence-corrected chi connectivity index (χ4v) is 2.58. The molecule has 1 aromatic rings. The summed E-state index contributed by atoms with van der Waals surface area (Å²) in [6.07, 6.45) is 7.86. The summed E-state index contributed by atoms with van der Waals surface area (Å²) in [5.41, 5.74) is -0.0968. The molecule has 0 spiro atoms. The molecule has 1 saturated carbocycles. The van der Waals surface area contributed by atoms with Gasteiger partial charge in [0, 0.05) is 17.4 Å². The largest absolute Gasteiger partial charge is 0.373 e. The van der Waals surface area contributed by atoms with Crippen LogP contribution >= 0.6 is 11.6 Å².